The molecule has 128 valence electrons. The van der Waals surface area contributed by atoms with Gasteiger partial charge in [0.2, 0.25) is 0 Å². The van der Waals surface area contributed by atoms with Gasteiger partial charge in [0.05, 0.1) is 10.6 Å². The van der Waals surface area contributed by atoms with Gasteiger partial charge in [0.1, 0.15) is 5.69 Å². The molecule has 1 fully saturated rings. The summed E-state index contributed by atoms with van der Waals surface area (Å²) in [5.74, 6) is 1.02. The van der Waals surface area contributed by atoms with Gasteiger partial charge in [-0.25, -0.2) is 9.97 Å². The van der Waals surface area contributed by atoms with E-state index in [0.717, 1.165) is 47.2 Å². The van der Waals surface area contributed by atoms with Crippen molar-refractivity contribution in [2.45, 2.75) is 25.7 Å². The first-order chi connectivity index (χ1) is 12.2. The molecule has 4 rings (SSSR count). The van der Waals surface area contributed by atoms with Gasteiger partial charge >= 0.3 is 0 Å². The largest absolute Gasteiger partial charge is 0.341 e. The van der Waals surface area contributed by atoms with Crippen molar-refractivity contribution in [1.29, 1.82) is 0 Å². The standard InChI is InChI=1S/C18H19N5OS/c1-12-10-21-17(22-12)16-15(19-6-7-20-16)13-4-2-8-23(11-13)18(24)14-5-3-9-25-14/h3,5-7,9-10,13H,2,4,8,11H2,1H3,(H,21,22)/t13-/m1/s1. The highest BCUT2D eigenvalue weighted by Gasteiger charge is 2.29. The molecule has 1 saturated heterocycles. The Bertz CT molecular complexity index is 873. The van der Waals surface area contributed by atoms with Gasteiger partial charge in [-0.1, -0.05) is 6.07 Å². The number of H-pyrrole nitrogens is 1. The average molecular weight is 353 g/mol. The maximum absolute atomic E-state index is 12.7. The molecule has 1 amide bonds. The van der Waals surface area contributed by atoms with E-state index in [2.05, 4.69) is 19.9 Å². The number of nitrogens with zero attached hydrogens (tertiary/aromatic N) is 4. The molecule has 1 aliphatic heterocycles. The van der Waals surface area contributed by atoms with E-state index in [4.69, 9.17) is 0 Å². The Balaban J connectivity index is 1.61. The maximum Gasteiger partial charge on any atom is 0.263 e. The Labute approximate surface area is 150 Å². The second kappa shape index (κ2) is 6.76. The van der Waals surface area contributed by atoms with Crippen molar-refractivity contribution in [3.8, 4) is 11.5 Å². The summed E-state index contributed by atoms with van der Waals surface area (Å²) in [4.78, 5) is 32.1. The first-order valence-electron chi connectivity index (χ1n) is 8.38. The van der Waals surface area contributed by atoms with Crippen LogP contribution in [0.2, 0.25) is 0 Å². The van der Waals surface area contributed by atoms with E-state index in [1.165, 1.54) is 11.3 Å². The summed E-state index contributed by atoms with van der Waals surface area (Å²) in [5.41, 5.74) is 2.69. The van der Waals surface area contributed by atoms with E-state index in [-0.39, 0.29) is 11.8 Å². The number of thiophene rings is 1. The highest BCUT2D eigenvalue weighted by atomic mass is 32.1. The van der Waals surface area contributed by atoms with Crippen LogP contribution in [-0.2, 0) is 0 Å². The number of aromatic nitrogens is 4. The molecule has 0 unspecified atom stereocenters. The van der Waals surface area contributed by atoms with Gasteiger partial charge in [0.15, 0.2) is 5.82 Å². The van der Waals surface area contributed by atoms with Gasteiger partial charge in [0, 0.05) is 43.3 Å². The molecule has 0 aromatic carbocycles. The van der Waals surface area contributed by atoms with E-state index in [9.17, 15) is 4.79 Å². The number of aryl methyl sites for hydroxylation is 1. The molecule has 3 aromatic rings. The molecule has 1 atom stereocenters. The Morgan fingerprint density at radius 1 is 1.32 bits per heavy atom. The van der Waals surface area contributed by atoms with Crippen molar-refractivity contribution in [1.82, 2.24) is 24.8 Å². The lowest BCUT2D eigenvalue weighted by molar-refractivity contribution is 0.0711. The minimum Gasteiger partial charge on any atom is -0.341 e. The minimum absolute atomic E-state index is 0.110. The SMILES string of the molecule is Cc1cnc(-c2nccnc2[C@@H]2CCCN(C(=O)c3cccs3)C2)[nH]1. The number of aromatic amines is 1. The Kier molecular flexibility index (Phi) is 4.31. The first kappa shape index (κ1) is 16.0. The topological polar surface area (TPSA) is 74.8 Å². The van der Waals surface area contributed by atoms with E-state index >= 15 is 0 Å². The lowest BCUT2D eigenvalue weighted by atomic mass is 9.92. The second-order valence-corrected chi connectivity index (χ2v) is 7.22. The number of likely N-dealkylation sites (tertiary alicyclic amines) is 1. The highest BCUT2D eigenvalue weighted by molar-refractivity contribution is 7.12. The van der Waals surface area contributed by atoms with Crippen molar-refractivity contribution in [3.05, 3.63) is 52.4 Å². The van der Waals surface area contributed by atoms with E-state index in [0.29, 0.717) is 6.54 Å². The third-order valence-electron chi connectivity index (χ3n) is 4.48. The average Bonchev–Trinajstić information content (AvgIpc) is 3.33. The zero-order valence-corrected chi connectivity index (χ0v) is 14.8. The smallest absolute Gasteiger partial charge is 0.263 e. The fraction of sp³-hybridized carbons (Fsp3) is 0.333. The van der Waals surface area contributed by atoms with Crippen LogP contribution in [0.15, 0.2) is 36.1 Å². The van der Waals surface area contributed by atoms with Gasteiger partial charge in [-0.15, -0.1) is 11.3 Å². The van der Waals surface area contributed by atoms with Gasteiger partial charge in [-0.2, -0.15) is 0 Å². The molecule has 4 heterocycles. The third kappa shape index (κ3) is 3.19. The summed E-state index contributed by atoms with van der Waals surface area (Å²) in [7, 11) is 0. The predicted octanol–water partition coefficient (Wildman–Crippen LogP) is 3.26. The molecule has 1 N–H and O–H groups in total. The van der Waals surface area contributed by atoms with Crippen molar-refractivity contribution in [2.24, 2.45) is 0 Å². The van der Waals surface area contributed by atoms with Crippen LogP contribution in [0.25, 0.3) is 11.5 Å². The predicted molar refractivity (Wildman–Crippen MR) is 96.5 cm³/mol. The van der Waals surface area contributed by atoms with E-state index < -0.39 is 0 Å². The Morgan fingerprint density at radius 2 is 2.20 bits per heavy atom. The molecule has 25 heavy (non-hydrogen) atoms. The fourth-order valence-electron chi connectivity index (χ4n) is 3.30. The van der Waals surface area contributed by atoms with Gasteiger partial charge < -0.3 is 9.88 Å². The molecular formula is C18H19N5OS. The lowest BCUT2D eigenvalue weighted by Crippen LogP contribution is -2.39. The first-order valence-corrected chi connectivity index (χ1v) is 9.26. The summed E-state index contributed by atoms with van der Waals surface area (Å²) in [6.45, 7) is 3.43. The summed E-state index contributed by atoms with van der Waals surface area (Å²) in [6.07, 6.45) is 7.17. The van der Waals surface area contributed by atoms with Crippen LogP contribution in [0.4, 0.5) is 0 Å². The van der Waals surface area contributed by atoms with Crippen LogP contribution in [0.1, 0.15) is 39.8 Å². The van der Waals surface area contributed by atoms with Crippen LogP contribution in [0.3, 0.4) is 0 Å². The number of imidazole rings is 1. The van der Waals surface area contributed by atoms with E-state index in [1.807, 2.05) is 29.3 Å². The molecule has 0 spiro atoms. The van der Waals surface area contributed by atoms with Crippen molar-refractivity contribution in [2.75, 3.05) is 13.1 Å². The number of hydrogen-bond acceptors (Lipinski definition) is 5. The van der Waals surface area contributed by atoms with Crippen LogP contribution < -0.4 is 0 Å². The molecule has 6 nitrogen and oxygen atoms in total. The molecule has 0 radical (unpaired) electrons. The lowest BCUT2D eigenvalue weighted by Gasteiger charge is -2.32. The van der Waals surface area contributed by atoms with Crippen molar-refractivity contribution >= 4 is 17.2 Å². The number of carbonyl (C=O) groups is 1. The monoisotopic (exact) mass is 353 g/mol. The molecule has 0 bridgehead atoms. The van der Waals surface area contributed by atoms with E-state index in [1.54, 1.807) is 18.6 Å². The molecular weight excluding hydrogens is 334 g/mol. The molecule has 0 saturated carbocycles. The normalized spacial score (nSPS) is 17.6. The van der Waals surface area contributed by atoms with Crippen molar-refractivity contribution < 1.29 is 4.79 Å². The number of rotatable bonds is 3. The third-order valence-corrected chi connectivity index (χ3v) is 5.34. The second-order valence-electron chi connectivity index (χ2n) is 6.27. The van der Waals surface area contributed by atoms with Gasteiger partial charge in [-0.05, 0) is 31.2 Å². The Morgan fingerprint density at radius 3 is 2.96 bits per heavy atom. The molecule has 7 heteroatoms. The van der Waals surface area contributed by atoms with Crippen LogP contribution in [-0.4, -0.2) is 43.8 Å². The Hall–Kier alpha value is -2.54. The number of nitrogens with one attached hydrogen (secondary N) is 1. The fourth-order valence-corrected chi connectivity index (χ4v) is 3.99. The molecule has 3 aromatic heterocycles. The quantitative estimate of drug-likeness (QED) is 0.784. The number of hydrogen-bond donors (Lipinski definition) is 1. The number of carbonyl (C=O) groups excluding carboxylic acids is 1. The summed E-state index contributed by atoms with van der Waals surface area (Å²) in [6, 6.07) is 3.80. The van der Waals surface area contributed by atoms with Gasteiger partial charge in [-0.3, -0.25) is 9.78 Å². The molecule has 1 aliphatic rings. The van der Waals surface area contributed by atoms with Crippen LogP contribution in [0.5, 0.6) is 0 Å². The number of piperidine rings is 1. The molecule has 0 aliphatic carbocycles. The zero-order chi connectivity index (χ0) is 17.2. The maximum atomic E-state index is 12.7. The van der Waals surface area contributed by atoms with Gasteiger partial charge in [0.25, 0.3) is 5.91 Å². The van der Waals surface area contributed by atoms with Crippen molar-refractivity contribution in [3.63, 3.8) is 0 Å². The highest BCUT2D eigenvalue weighted by Crippen LogP contribution is 2.31. The minimum atomic E-state index is 0.110. The number of amides is 1. The summed E-state index contributed by atoms with van der Waals surface area (Å²) >= 11 is 1.49. The van der Waals surface area contributed by atoms with Crippen LogP contribution >= 0.6 is 11.3 Å². The summed E-state index contributed by atoms with van der Waals surface area (Å²) < 4.78 is 0. The van der Waals surface area contributed by atoms with Crippen LogP contribution in [0, 0.1) is 6.92 Å². The zero-order valence-electron chi connectivity index (χ0n) is 14.0. The summed E-state index contributed by atoms with van der Waals surface area (Å²) in [5, 5.41) is 1.94.